The van der Waals surface area contributed by atoms with Gasteiger partial charge in [-0.15, -0.1) is 0 Å². The summed E-state index contributed by atoms with van der Waals surface area (Å²) in [6.45, 7) is 6.59. The van der Waals surface area contributed by atoms with Crippen LogP contribution in [-0.4, -0.2) is 31.3 Å². The molecule has 2 aromatic carbocycles. The lowest BCUT2D eigenvalue weighted by atomic mass is 9.81. The maximum absolute atomic E-state index is 12.7. The van der Waals surface area contributed by atoms with Crippen molar-refractivity contribution in [3.63, 3.8) is 0 Å². The lowest BCUT2D eigenvalue weighted by molar-refractivity contribution is -0.130. The minimum atomic E-state index is -0.450. The summed E-state index contributed by atoms with van der Waals surface area (Å²) in [6, 6.07) is 14.0. The van der Waals surface area contributed by atoms with Crippen molar-refractivity contribution in [1.82, 2.24) is 10.6 Å². The zero-order valence-electron chi connectivity index (χ0n) is 18.3. The van der Waals surface area contributed by atoms with Crippen molar-refractivity contribution in [2.24, 2.45) is 11.8 Å². The number of benzene rings is 2. The van der Waals surface area contributed by atoms with E-state index < -0.39 is 6.04 Å². The molecule has 0 aliphatic heterocycles. The minimum absolute atomic E-state index is 0.0142. The molecule has 1 atom stereocenters. The number of Topliss-reactive ketones (excluding diaryl/α,β-unsaturated/α-hetero) is 1. The van der Waals surface area contributed by atoms with Crippen molar-refractivity contribution in [2.75, 3.05) is 13.6 Å². The SMILES string of the molecule is CC.CNCC1CCC(C(=O)NC(Cc2ccc3ccccc3c2)C(C)=O)CC1. The molecular weight excluding hydrogens is 360 g/mol. The monoisotopic (exact) mass is 396 g/mol. The van der Waals surface area contributed by atoms with Gasteiger partial charge in [0.25, 0.3) is 0 Å². The first kappa shape index (κ1) is 23.1. The van der Waals surface area contributed by atoms with Gasteiger partial charge in [0.2, 0.25) is 5.91 Å². The zero-order chi connectivity index (χ0) is 21.2. The van der Waals surface area contributed by atoms with Crippen LogP contribution >= 0.6 is 0 Å². The molecule has 4 heteroatoms. The average molecular weight is 397 g/mol. The van der Waals surface area contributed by atoms with Crippen molar-refractivity contribution < 1.29 is 9.59 Å². The van der Waals surface area contributed by atoms with Crippen LogP contribution in [0.15, 0.2) is 42.5 Å². The molecule has 1 saturated carbocycles. The highest BCUT2D eigenvalue weighted by molar-refractivity contribution is 5.89. The molecule has 2 aromatic rings. The second-order valence-corrected chi connectivity index (χ2v) is 7.83. The average Bonchev–Trinajstić information content (AvgIpc) is 2.75. The molecule has 1 fully saturated rings. The van der Waals surface area contributed by atoms with Crippen LogP contribution in [0, 0.1) is 11.8 Å². The third kappa shape index (κ3) is 6.67. The normalized spacial score (nSPS) is 19.7. The number of fused-ring (bicyclic) bond motifs is 1. The molecule has 2 N–H and O–H groups in total. The van der Waals surface area contributed by atoms with E-state index in [1.807, 2.05) is 39.1 Å². The van der Waals surface area contributed by atoms with E-state index in [4.69, 9.17) is 0 Å². The van der Waals surface area contributed by atoms with Crippen LogP contribution in [0.1, 0.15) is 52.0 Å². The van der Waals surface area contributed by atoms with Crippen LogP contribution in [0.4, 0.5) is 0 Å². The third-order valence-corrected chi connectivity index (χ3v) is 5.77. The van der Waals surface area contributed by atoms with E-state index in [0.717, 1.165) is 43.2 Å². The van der Waals surface area contributed by atoms with E-state index in [2.05, 4.69) is 34.9 Å². The Morgan fingerprint density at radius 3 is 2.28 bits per heavy atom. The second kappa shape index (κ2) is 11.7. The smallest absolute Gasteiger partial charge is 0.223 e. The van der Waals surface area contributed by atoms with Gasteiger partial charge in [-0.05, 0) is 74.9 Å². The summed E-state index contributed by atoms with van der Waals surface area (Å²) in [5, 5.41) is 8.59. The number of carbonyl (C=O) groups excluding carboxylic acids is 2. The molecule has 0 bridgehead atoms. The molecule has 29 heavy (non-hydrogen) atoms. The van der Waals surface area contributed by atoms with Gasteiger partial charge in [0.1, 0.15) is 0 Å². The summed E-state index contributed by atoms with van der Waals surface area (Å²) < 4.78 is 0. The predicted octanol–water partition coefficient (Wildman–Crippen LogP) is 4.51. The molecule has 1 amide bonds. The molecule has 1 aliphatic carbocycles. The Hall–Kier alpha value is -2.20. The predicted molar refractivity (Wildman–Crippen MR) is 121 cm³/mol. The summed E-state index contributed by atoms with van der Waals surface area (Å²) in [5.74, 6) is 0.760. The van der Waals surface area contributed by atoms with Crippen LogP contribution in [0.3, 0.4) is 0 Å². The molecule has 1 unspecified atom stereocenters. The molecule has 3 rings (SSSR count). The molecule has 0 spiro atoms. The largest absolute Gasteiger partial charge is 0.346 e. The van der Waals surface area contributed by atoms with Gasteiger partial charge in [-0.3, -0.25) is 9.59 Å². The summed E-state index contributed by atoms with van der Waals surface area (Å²) in [4.78, 5) is 24.8. The molecule has 158 valence electrons. The first-order chi connectivity index (χ1) is 14.1. The van der Waals surface area contributed by atoms with Gasteiger partial charge >= 0.3 is 0 Å². The number of hydrogen-bond donors (Lipinski definition) is 2. The van der Waals surface area contributed by atoms with Gasteiger partial charge in [0, 0.05) is 5.92 Å². The van der Waals surface area contributed by atoms with Gasteiger partial charge in [0.05, 0.1) is 6.04 Å². The summed E-state index contributed by atoms with van der Waals surface area (Å²) >= 11 is 0. The zero-order valence-corrected chi connectivity index (χ0v) is 18.3. The van der Waals surface area contributed by atoms with Crippen molar-refractivity contribution in [1.29, 1.82) is 0 Å². The highest BCUT2D eigenvalue weighted by Crippen LogP contribution is 2.28. The van der Waals surface area contributed by atoms with Crippen LogP contribution in [-0.2, 0) is 16.0 Å². The van der Waals surface area contributed by atoms with E-state index in [-0.39, 0.29) is 17.6 Å². The first-order valence-corrected chi connectivity index (χ1v) is 11.0. The number of carbonyl (C=O) groups is 2. The second-order valence-electron chi connectivity index (χ2n) is 7.83. The molecule has 0 saturated heterocycles. The maximum atomic E-state index is 12.7. The Bertz CT molecular complexity index is 794. The van der Waals surface area contributed by atoms with Crippen LogP contribution < -0.4 is 10.6 Å². The van der Waals surface area contributed by atoms with E-state index in [9.17, 15) is 9.59 Å². The highest BCUT2D eigenvalue weighted by atomic mass is 16.2. The Morgan fingerprint density at radius 2 is 1.66 bits per heavy atom. The summed E-state index contributed by atoms with van der Waals surface area (Å²) in [5.41, 5.74) is 1.08. The van der Waals surface area contributed by atoms with Gasteiger partial charge in [-0.1, -0.05) is 56.3 Å². The van der Waals surface area contributed by atoms with E-state index in [1.165, 1.54) is 5.39 Å². The van der Waals surface area contributed by atoms with E-state index >= 15 is 0 Å². The quantitative estimate of drug-likeness (QED) is 0.724. The fraction of sp³-hybridized carbons (Fsp3) is 0.520. The fourth-order valence-corrected chi connectivity index (χ4v) is 4.10. The number of hydrogen-bond acceptors (Lipinski definition) is 3. The van der Waals surface area contributed by atoms with Gasteiger partial charge in [-0.25, -0.2) is 0 Å². The molecule has 0 radical (unpaired) electrons. The first-order valence-electron chi connectivity index (χ1n) is 11.0. The van der Waals surface area contributed by atoms with Crippen LogP contribution in [0.25, 0.3) is 10.8 Å². The van der Waals surface area contributed by atoms with Crippen molar-refractivity contribution in [3.05, 3.63) is 48.0 Å². The number of ketones is 1. The molecule has 4 nitrogen and oxygen atoms in total. The standard InChI is InChI=1S/C23H30N2O2.C2H6/c1-16(26)22(14-18-9-10-19-5-3-4-6-21(19)13-18)25-23(27)20-11-7-17(8-12-20)15-24-2;1-2/h3-6,9-10,13,17,20,22,24H,7-8,11-12,14-15H2,1-2H3,(H,25,27);1-2H3. The number of nitrogens with one attached hydrogen (secondary N) is 2. The minimum Gasteiger partial charge on any atom is -0.346 e. The molecular formula is C25H36N2O2. The Balaban J connectivity index is 0.00000145. The van der Waals surface area contributed by atoms with E-state index in [0.29, 0.717) is 12.3 Å². The Labute approximate surface area is 175 Å². The van der Waals surface area contributed by atoms with Gasteiger partial charge in [0.15, 0.2) is 5.78 Å². The van der Waals surface area contributed by atoms with Crippen molar-refractivity contribution in [2.45, 2.75) is 58.9 Å². The van der Waals surface area contributed by atoms with Gasteiger partial charge < -0.3 is 10.6 Å². The van der Waals surface area contributed by atoms with Gasteiger partial charge in [-0.2, -0.15) is 0 Å². The number of amides is 1. The van der Waals surface area contributed by atoms with Crippen molar-refractivity contribution >= 4 is 22.5 Å². The fourth-order valence-electron chi connectivity index (χ4n) is 4.10. The van der Waals surface area contributed by atoms with Crippen molar-refractivity contribution in [3.8, 4) is 0 Å². The number of rotatable bonds is 7. The summed E-state index contributed by atoms with van der Waals surface area (Å²) in [6.07, 6.45) is 4.53. The Morgan fingerprint density at radius 1 is 1.00 bits per heavy atom. The van der Waals surface area contributed by atoms with Crippen LogP contribution in [0.5, 0.6) is 0 Å². The molecule has 1 aliphatic rings. The maximum Gasteiger partial charge on any atom is 0.223 e. The topological polar surface area (TPSA) is 58.2 Å². The van der Waals surface area contributed by atoms with E-state index in [1.54, 1.807) is 6.92 Å². The molecule has 0 heterocycles. The van der Waals surface area contributed by atoms with Crippen LogP contribution in [0.2, 0.25) is 0 Å². The molecule has 0 aromatic heterocycles. The third-order valence-electron chi connectivity index (χ3n) is 5.77. The lowest BCUT2D eigenvalue weighted by Crippen LogP contribution is -2.45. The Kier molecular flexibility index (Phi) is 9.33. The highest BCUT2D eigenvalue weighted by Gasteiger charge is 2.28. The lowest BCUT2D eigenvalue weighted by Gasteiger charge is -2.28. The summed E-state index contributed by atoms with van der Waals surface area (Å²) in [7, 11) is 1.98.